The standard InChI is InChI=1S/C36H46N8O13S/c1-58-12-10-23(41-35(55)42-24(34(53)54)15-19-3-2-4-21(46)13-19)32(52)40-25(16-38-30(50)22(37)14-18-5-7-20(45)8-6-18)31(51)39-17-26-28(48)29(49)33(57-26)44-11-9-27(47)43-36(44)56/h2-9,11,13,22-26,28-29,33,45-46,48-49H,10,12,14-17,37H2,1H3,(H,38,50)(H,39,51)(H,40,52)(H,53,54)(H2,41,42,55)(H,43,47,56)/t22-,23-,24-,25+,26+,28+,29+,33+/m0/s1. The second-order valence-corrected chi connectivity index (χ2v) is 14.3. The predicted molar refractivity (Wildman–Crippen MR) is 207 cm³/mol. The number of aliphatic hydroxyl groups excluding tert-OH is 2. The minimum Gasteiger partial charge on any atom is -0.508 e. The first-order valence-corrected chi connectivity index (χ1v) is 19.2. The van der Waals surface area contributed by atoms with Crippen molar-refractivity contribution in [2.24, 2.45) is 5.73 Å². The molecule has 0 saturated carbocycles. The maximum Gasteiger partial charge on any atom is 0.330 e. The van der Waals surface area contributed by atoms with Gasteiger partial charge in [0.2, 0.25) is 17.7 Å². The molecule has 0 radical (unpaired) electrons. The molecule has 0 unspecified atom stereocenters. The molecule has 1 aromatic heterocycles. The first kappa shape index (κ1) is 44.8. The number of phenols is 2. The van der Waals surface area contributed by atoms with Crippen LogP contribution in [0.4, 0.5) is 4.79 Å². The van der Waals surface area contributed by atoms with Gasteiger partial charge >= 0.3 is 17.7 Å². The Hall–Kier alpha value is -5.94. The van der Waals surface area contributed by atoms with Gasteiger partial charge in [0.15, 0.2) is 6.23 Å². The Morgan fingerprint density at radius 3 is 2.21 bits per heavy atom. The number of ether oxygens (including phenoxy) is 1. The lowest BCUT2D eigenvalue weighted by Gasteiger charge is -2.25. The number of aliphatic carboxylic acids is 1. The van der Waals surface area contributed by atoms with Gasteiger partial charge in [-0.1, -0.05) is 24.3 Å². The van der Waals surface area contributed by atoms with Crippen LogP contribution in [0.3, 0.4) is 0 Å². The molecule has 0 spiro atoms. The average Bonchev–Trinajstić information content (AvgIpc) is 3.45. The van der Waals surface area contributed by atoms with Crippen molar-refractivity contribution in [1.29, 1.82) is 0 Å². The third-order valence-corrected chi connectivity index (χ3v) is 9.61. The lowest BCUT2D eigenvalue weighted by molar-refractivity contribution is -0.139. The number of aromatic nitrogens is 2. The van der Waals surface area contributed by atoms with Gasteiger partial charge in [-0.2, -0.15) is 11.8 Å². The normalized spacial score (nSPS) is 19.5. The van der Waals surface area contributed by atoms with Crippen molar-refractivity contribution in [3.8, 4) is 11.5 Å². The van der Waals surface area contributed by atoms with Gasteiger partial charge in [0.25, 0.3) is 5.56 Å². The Kier molecular flexibility index (Phi) is 16.2. The lowest BCUT2D eigenvalue weighted by atomic mass is 10.1. The largest absolute Gasteiger partial charge is 0.508 e. The molecule has 3 aromatic rings. The number of aromatic hydroxyl groups is 2. The van der Waals surface area contributed by atoms with E-state index in [0.29, 0.717) is 16.9 Å². The fourth-order valence-corrected chi connectivity index (χ4v) is 6.33. The van der Waals surface area contributed by atoms with E-state index in [1.807, 2.05) is 4.98 Å². The van der Waals surface area contributed by atoms with Crippen molar-refractivity contribution in [1.82, 2.24) is 36.1 Å². The van der Waals surface area contributed by atoms with Crippen LogP contribution in [-0.2, 0) is 36.8 Å². The molecule has 21 nitrogen and oxygen atoms in total. The van der Waals surface area contributed by atoms with Gasteiger partial charge in [0.1, 0.15) is 47.9 Å². The highest BCUT2D eigenvalue weighted by Crippen LogP contribution is 2.28. The molecular formula is C36H46N8O13S. The molecule has 2 heterocycles. The summed E-state index contributed by atoms with van der Waals surface area (Å²) in [7, 11) is 0. The van der Waals surface area contributed by atoms with Crippen molar-refractivity contribution >= 4 is 41.5 Å². The minimum absolute atomic E-state index is 0.00933. The molecule has 22 heteroatoms. The van der Waals surface area contributed by atoms with Gasteiger partial charge in [-0.15, -0.1) is 0 Å². The van der Waals surface area contributed by atoms with Gasteiger partial charge < -0.3 is 62.6 Å². The van der Waals surface area contributed by atoms with Crippen LogP contribution < -0.4 is 43.6 Å². The minimum atomic E-state index is -1.66. The molecule has 0 aliphatic carbocycles. The molecule has 8 atom stereocenters. The molecule has 13 N–H and O–H groups in total. The summed E-state index contributed by atoms with van der Waals surface area (Å²) in [6.45, 7) is -1.00. The summed E-state index contributed by atoms with van der Waals surface area (Å²) in [5, 5.41) is 62.5. The first-order valence-electron chi connectivity index (χ1n) is 17.8. The number of carbonyl (C=O) groups is 5. The van der Waals surface area contributed by atoms with E-state index in [2.05, 4.69) is 26.6 Å². The zero-order valence-electron chi connectivity index (χ0n) is 31.1. The topological polar surface area (TPSA) is 337 Å². The predicted octanol–water partition coefficient (Wildman–Crippen LogP) is -3.03. The molecule has 2 aromatic carbocycles. The molecular weight excluding hydrogens is 785 g/mol. The summed E-state index contributed by atoms with van der Waals surface area (Å²) in [6.07, 6.45) is -3.36. The highest BCUT2D eigenvalue weighted by Gasteiger charge is 2.44. The summed E-state index contributed by atoms with van der Waals surface area (Å²) in [4.78, 5) is 91.2. The third-order valence-electron chi connectivity index (χ3n) is 8.97. The number of hydrogen-bond donors (Lipinski definition) is 12. The lowest BCUT2D eigenvalue weighted by Crippen LogP contribution is -2.60. The molecule has 1 aliphatic rings. The number of urea groups is 1. The molecule has 1 saturated heterocycles. The average molecular weight is 831 g/mol. The first-order chi connectivity index (χ1) is 27.6. The van der Waals surface area contributed by atoms with E-state index in [1.165, 1.54) is 42.1 Å². The van der Waals surface area contributed by atoms with Crippen LogP contribution in [0.15, 0.2) is 70.4 Å². The molecule has 314 valence electrons. The zero-order chi connectivity index (χ0) is 42.5. The number of phenolic OH excluding ortho intramolecular Hbond substituents is 2. The van der Waals surface area contributed by atoms with E-state index in [4.69, 9.17) is 10.5 Å². The number of hydrogen-bond acceptors (Lipinski definition) is 14. The summed E-state index contributed by atoms with van der Waals surface area (Å²) in [5.41, 5.74) is 5.49. The Labute approximate surface area is 334 Å². The van der Waals surface area contributed by atoms with E-state index in [-0.39, 0.29) is 30.8 Å². The number of carboxylic acid groups (broad SMARTS) is 1. The van der Waals surface area contributed by atoms with Crippen LogP contribution in [0.2, 0.25) is 0 Å². The number of thioether (sulfide) groups is 1. The molecule has 4 rings (SSSR count). The number of aromatic amines is 1. The third kappa shape index (κ3) is 12.8. The summed E-state index contributed by atoms with van der Waals surface area (Å²) in [5.74, 6) is -3.67. The second kappa shape index (κ2) is 21.0. The number of benzene rings is 2. The number of rotatable bonds is 19. The molecule has 1 fully saturated rings. The summed E-state index contributed by atoms with van der Waals surface area (Å²) < 4.78 is 6.49. The number of carbonyl (C=O) groups excluding carboxylic acids is 4. The van der Waals surface area contributed by atoms with E-state index < -0.39 is 103 Å². The zero-order valence-corrected chi connectivity index (χ0v) is 31.9. The van der Waals surface area contributed by atoms with Crippen LogP contribution in [0.5, 0.6) is 11.5 Å². The summed E-state index contributed by atoms with van der Waals surface area (Å²) >= 11 is 1.33. The monoisotopic (exact) mass is 830 g/mol. The SMILES string of the molecule is CSCC[C@H](NC(=O)N[C@@H](Cc1cccc(O)c1)C(=O)O)C(=O)N[C@H](CNC(=O)[C@@H](N)Cc1ccc(O)cc1)C(=O)NC[C@H]1O[C@@H](n2ccc(=O)[nH]c2=O)[C@H](O)[C@@H]1O. The number of amides is 5. The summed E-state index contributed by atoms with van der Waals surface area (Å²) in [6, 6.07) is 6.29. The Morgan fingerprint density at radius 2 is 1.55 bits per heavy atom. The van der Waals surface area contributed by atoms with Crippen molar-refractivity contribution in [3.63, 3.8) is 0 Å². The molecule has 1 aliphatic heterocycles. The van der Waals surface area contributed by atoms with Crippen LogP contribution in [0, 0.1) is 0 Å². The van der Waals surface area contributed by atoms with Crippen LogP contribution in [0.25, 0.3) is 0 Å². The maximum absolute atomic E-state index is 13.7. The van der Waals surface area contributed by atoms with Gasteiger partial charge in [0, 0.05) is 31.8 Å². The number of H-pyrrole nitrogens is 1. The smallest absolute Gasteiger partial charge is 0.330 e. The van der Waals surface area contributed by atoms with E-state index in [0.717, 1.165) is 16.8 Å². The van der Waals surface area contributed by atoms with Crippen LogP contribution >= 0.6 is 11.8 Å². The number of carboxylic acids is 1. The van der Waals surface area contributed by atoms with Crippen molar-refractivity contribution < 1.29 is 54.2 Å². The number of nitrogens with two attached hydrogens (primary N) is 1. The molecule has 5 amide bonds. The highest BCUT2D eigenvalue weighted by molar-refractivity contribution is 7.98. The van der Waals surface area contributed by atoms with Crippen molar-refractivity contribution in [2.45, 2.75) is 68.0 Å². The number of nitrogens with one attached hydrogen (secondary N) is 6. The van der Waals surface area contributed by atoms with E-state index in [1.54, 1.807) is 24.5 Å². The fourth-order valence-electron chi connectivity index (χ4n) is 5.86. The number of aliphatic hydroxyl groups is 2. The van der Waals surface area contributed by atoms with Gasteiger partial charge in [-0.3, -0.25) is 28.7 Å². The molecule has 0 bridgehead atoms. The Morgan fingerprint density at radius 1 is 0.845 bits per heavy atom. The van der Waals surface area contributed by atoms with Gasteiger partial charge in [0.05, 0.1) is 6.04 Å². The highest BCUT2D eigenvalue weighted by atomic mass is 32.2. The maximum atomic E-state index is 13.7. The number of nitrogens with zero attached hydrogens (tertiary/aromatic N) is 1. The van der Waals surface area contributed by atoms with E-state index >= 15 is 0 Å². The molecule has 58 heavy (non-hydrogen) atoms. The van der Waals surface area contributed by atoms with Crippen molar-refractivity contribution in [2.75, 3.05) is 25.1 Å². The van der Waals surface area contributed by atoms with Gasteiger partial charge in [-0.05, 0) is 60.2 Å². The van der Waals surface area contributed by atoms with Gasteiger partial charge in [-0.25, -0.2) is 14.4 Å². The Balaban J connectivity index is 1.47. The Bertz CT molecular complexity index is 2030. The fraction of sp³-hybridized carbons (Fsp3) is 0.417. The van der Waals surface area contributed by atoms with Crippen LogP contribution in [-0.4, -0.2) is 132 Å². The second-order valence-electron chi connectivity index (χ2n) is 13.3. The van der Waals surface area contributed by atoms with Crippen LogP contribution in [0.1, 0.15) is 23.8 Å². The van der Waals surface area contributed by atoms with E-state index in [9.17, 15) is 59.1 Å². The quantitative estimate of drug-likeness (QED) is 0.0572. The van der Waals surface area contributed by atoms with Crippen molar-refractivity contribution in [3.05, 3.63) is 92.8 Å².